The van der Waals surface area contributed by atoms with E-state index in [1.165, 1.54) is 0 Å². The molecule has 0 atom stereocenters. The molecule has 0 amide bonds. The van der Waals surface area contributed by atoms with E-state index in [1.54, 1.807) is 45.0 Å². The van der Waals surface area contributed by atoms with E-state index in [-0.39, 0.29) is 17.7 Å². The predicted octanol–water partition coefficient (Wildman–Crippen LogP) is 2.48. The molecule has 2 rings (SSSR count). The zero-order valence-electron chi connectivity index (χ0n) is 15.8. The maximum atomic E-state index is 12.5. The molecule has 0 aliphatic rings. The lowest BCUT2D eigenvalue weighted by Crippen LogP contribution is -2.21. The van der Waals surface area contributed by atoms with Crippen LogP contribution in [0.4, 0.5) is 0 Å². The molecule has 1 heterocycles. The second-order valence-electron chi connectivity index (χ2n) is 5.85. The highest BCUT2D eigenvalue weighted by molar-refractivity contribution is 6.09. The molecule has 0 saturated carbocycles. The highest BCUT2D eigenvalue weighted by Crippen LogP contribution is 2.20. The molecule has 1 aromatic carbocycles. The number of nitrogens with one attached hydrogen (secondary N) is 1. The minimum atomic E-state index is -0.736. The molecule has 0 spiro atoms. The normalized spacial score (nSPS) is 10.1. The number of hydrogen-bond acceptors (Lipinski definition) is 7. The van der Waals surface area contributed by atoms with Crippen LogP contribution in [0, 0.1) is 25.2 Å². The lowest BCUT2D eigenvalue weighted by atomic mass is 10.1. The van der Waals surface area contributed by atoms with Crippen LogP contribution in [-0.2, 0) is 14.3 Å². The molecule has 1 N–H and O–H groups in total. The Balaban J connectivity index is 1.95. The Morgan fingerprint density at radius 1 is 1.00 bits per heavy atom. The SMILES string of the molecule is CCOC(=O)c1c(C)[nH]c(C)c1C(=O)COC(=O)COc1ccc(C#N)cc1. The summed E-state index contributed by atoms with van der Waals surface area (Å²) in [6, 6.07) is 8.18. The average molecular weight is 384 g/mol. The average Bonchev–Trinajstić information content (AvgIpc) is 2.99. The number of carbonyl (C=O) groups excluding carboxylic acids is 3. The van der Waals surface area contributed by atoms with E-state index in [4.69, 9.17) is 19.5 Å². The van der Waals surface area contributed by atoms with Crippen molar-refractivity contribution in [2.24, 2.45) is 0 Å². The number of ketones is 1. The van der Waals surface area contributed by atoms with Gasteiger partial charge in [-0.25, -0.2) is 9.59 Å². The topological polar surface area (TPSA) is 118 Å². The van der Waals surface area contributed by atoms with Crippen molar-refractivity contribution in [1.29, 1.82) is 5.26 Å². The fraction of sp³-hybridized carbons (Fsp3) is 0.300. The molecule has 2 aromatic rings. The first-order valence-corrected chi connectivity index (χ1v) is 8.55. The summed E-state index contributed by atoms with van der Waals surface area (Å²) >= 11 is 0. The standard InChI is InChI=1S/C20H20N2O6/c1-4-26-20(25)19-13(3)22-12(2)18(19)16(23)10-28-17(24)11-27-15-7-5-14(9-21)6-8-15/h5-8,22H,4,10-11H2,1-3H3. The van der Waals surface area contributed by atoms with Crippen molar-refractivity contribution in [2.45, 2.75) is 20.8 Å². The van der Waals surface area contributed by atoms with Crippen LogP contribution in [0.3, 0.4) is 0 Å². The van der Waals surface area contributed by atoms with Crippen LogP contribution < -0.4 is 4.74 Å². The third-order valence-corrected chi connectivity index (χ3v) is 3.84. The zero-order chi connectivity index (χ0) is 20.7. The van der Waals surface area contributed by atoms with Crippen LogP contribution in [0.2, 0.25) is 0 Å². The van der Waals surface area contributed by atoms with Crippen molar-refractivity contribution in [3.05, 3.63) is 52.3 Å². The number of aromatic nitrogens is 1. The zero-order valence-corrected chi connectivity index (χ0v) is 15.8. The smallest absolute Gasteiger partial charge is 0.344 e. The fourth-order valence-corrected chi connectivity index (χ4v) is 2.62. The van der Waals surface area contributed by atoms with Crippen LogP contribution in [-0.4, -0.2) is 42.5 Å². The highest BCUT2D eigenvalue weighted by Gasteiger charge is 2.26. The first kappa shape index (κ1) is 20.7. The summed E-state index contributed by atoms with van der Waals surface area (Å²) in [5.41, 5.74) is 1.77. The van der Waals surface area contributed by atoms with Gasteiger partial charge in [0, 0.05) is 11.4 Å². The van der Waals surface area contributed by atoms with Crippen LogP contribution in [0.25, 0.3) is 0 Å². The Morgan fingerprint density at radius 3 is 2.25 bits per heavy atom. The number of nitriles is 1. The number of ether oxygens (including phenoxy) is 3. The molecule has 8 heteroatoms. The maximum Gasteiger partial charge on any atom is 0.344 e. The number of benzene rings is 1. The lowest BCUT2D eigenvalue weighted by molar-refractivity contribution is -0.144. The number of hydrogen-bond donors (Lipinski definition) is 1. The number of Topliss-reactive ketones (excluding diaryl/α,β-unsaturated/α-hetero) is 1. The summed E-state index contributed by atoms with van der Waals surface area (Å²) < 4.78 is 15.2. The van der Waals surface area contributed by atoms with Gasteiger partial charge in [-0.3, -0.25) is 4.79 Å². The van der Waals surface area contributed by atoms with E-state index in [2.05, 4.69) is 4.98 Å². The molecule has 0 aliphatic carbocycles. The predicted molar refractivity (Wildman–Crippen MR) is 98.2 cm³/mol. The maximum absolute atomic E-state index is 12.5. The van der Waals surface area contributed by atoms with Crippen molar-refractivity contribution in [3.63, 3.8) is 0 Å². The van der Waals surface area contributed by atoms with E-state index in [9.17, 15) is 14.4 Å². The molecular formula is C20H20N2O6. The van der Waals surface area contributed by atoms with Gasteiger partial charge >= 0.3 is 11.9 Å². The molecule has 0 saturated heterocycles. The number of carbonyl (C=O) groups is 3. The van der Waals surface area contributed by atoms with Crippen molar-refractivity contribution >= 4 is 17.7 Å². The molecule has 0 radical (unpaired) electrons. The summed E-state index contributed by atoms with van der Waals surface area (Å²) in [7, 11) is 0. The second-order valence-corrected chi connectivity index (χ2v) is 5.85. The third kappa shape index (κ3) is 4.98. The number of aromatic amines is 1. The molecule has 0 fully saturated rings. The van der Waals surface area contributed by atoms with Gasteiger partial charge in [-0.05, 0) is 45.0 Å². The quantitative estimate of drug-likeness (QED) is 0.548. The number of esters is 2. The molecule has 146 valence electrons. The molecule has 28 heavy (non-hydrogen) atoms. The van der Waals surface area contributed by atoms with Gasteiger partial charge in [0.25, 0.3) is 0 Å². The van der Waals surface area contributed by atoms with Crippen molar-refractivity contribution in [2.75, 3.05) is 19.8 Å². The van der Waals surface area contributed by atoms with Crippen LogP contribution >= 0.6 is 0 Å². The Labute approximate surface area is 162 Å². The molecule has 1 aromatic heterocycles. The molecule has 0 bridgehead atoms. The van der Waals surface area contributed by atoms with E-state index < -0.39 is 30.9 Å². The number of aryl methyl sites for hydroxylation is 2. The van der Waals surface area contributed by atoms with Gasteiger partial charge in [0.2, 0.25) is 5.78 Å². The number of H-pyrrole nitrogens is 1. The van der Waals surface area contributed by atoms with Gasteiger partial charge in [-0.15, -0.1) is 0 Å². The molecular weight excluding hydrogens is 364 g/mol. The fourth-order valence-electron chi connectivity index (χ4n) is 2.62. The van der Waals surface area contributed by atoms with Gasteiger partial charge in [-0.2, -0.15) is 5.26 Å². The van der Waals surface area contributed by atoms with Crippen molar-refractivity contribution in [1.82, 2.24) is 4.98 Å². The monoisotopic (exact) mass is 384 g/mol. The summed E-state index contributed by atoms with van der Waals surface area (Å²) in [6.07, 6.45) is 0. The Kier molecular flexibility index (Phi) is 6.93. The summed E-state index contributed by atoms with van der Waals surface area (Å²) in [5.74, 6) is -1.47. The van der Waals surface area contributed by atoms with Gasteiger partial charge in [0.05, 0.1) is 29.4 Å². The summed E-state index contributed by atoms with van der Waals surface area (Å²) in [6.45, 7) is 4.24. The van der Waals surface area contributed by atoms with Crippen LogP contribution in [0.1, 0.15) is 44.6 Å². The lowest BCUT2D eigenvalue weighted by Gasteiger charge is -2.08. The minimum absolute atomic E-state index is 0.147. The van der Waals surface area contributed by atoms with E-state index >= 15 is 0 Å². The number of nitrogens with zero attached hydrogens (tertiary/aromatic N) is 1. The molecule has 0 aliphatic heterocycles. The van der Waals surface area contributed by atoms with Gasteiger partial charge in [0.15, 0.2) is 13.2 Å². The van der Waals surface area contributed by atoms with Gasteiger partial charge in [-0.1, -0.05) is 0 Å². The highest BCUT2D eigenvalue weighted by atomic mass is 16.6. The van der Waals surface area contributed by atoms with Crippen LogP contribution in [0.5, 0.6) is 5.75 Å². The Morgan fingerprint density at radius 2 is 1.64 bits per heavy atom. The van der Waals surface area contributed by atoms with E-state index in [1.807, 2.05) is 6.07 Å². The van der Waals surface area contributed by atoms with Crippen LogP contribution in [0.15, 0.2) is 24.3 Å². The van der Waals surface area contributed by atoms with Gasteiger partial charge in [0.1, 0.15) is 5.75 Å². The molecule has 8 nitrogen and oxygen atoms in total. The molecule has 0 unspecified atom stereocenters. The Bertz CT molecular complexity index is 921. The Hall–Kier alpha value is -3.60. The van der Waals surface area contributed by atoms with E-state index in [0.717, 1.165) is 0 Å². The largest absolute Gasteiger partial charge is 0.482 e. The summed E-state index contributed by atoms with van der Waals surface area (Å²) in [4.78, 5) is 39.4. The first-order chi connectivity index (χ1) is 13.4. The first-order valence-electron chi connectivity index (χ1n) is 8.55. The second kappa shape index (κ2) is 9.37. The number of rotatable bonds is 8. The van der Waals surface area contributed by atoms with Crippen molar-refractivity contribution in [3.8, 4) is 11.8 Å². The summed E-state index contributed by atoms with van der Waals surface area (Å²) in [5, 5.41) is 8.74. The van der Waals surface area contributed by atoms with E-state index in [0.29, 0.717) is 22.7 Å². The van der Waals surface area contributed by atoms with Gasteiger partial charge < -0.3 is 19.2 Å². The van der Waals surface area contributed by atoms with Crippen molar-refractivity contribution < 1.29 is 28.6 Å². The minimum Gasteiger partial charge on any atom is -0.482 e. The third-order valence-electron chi connectivity index (χ3n) is 3.84.